The maximum atomic E-state index is 13.1. The van der Waals surface area contributed by atoms with E-state index in [4.69, 9.17) is 15.2 Å². The molecule has 134 valence electrons. The van der Waals surface area contributed by atoms with Gasteiger partial charge < -0.3 is 15.2 Å². The zero-order chi connectivity index (χ0) is 17.5. The summed E-state index contributed by atoms with van der Waals surface area (Å²) in [5.41, 5.74) is 6.95. The molecule has 0 aliphatic carbocycles. The van der Waals surface area contributed by atoms with E-state index in [-0.39, 0.29) is 29.9 Å². The highest BCUT2D eigenvalue weighted by Gasteiger charge is 2.33. The SMILES string of the molecule is CCCOC1C(Cc2ccc(F)cc2)CCCC(N)C(=O)OC1C. The molecule has 4 nitrogen and oxygen atoms in total. The summed E-state index contributed by atoms with van der Waals surface area (Å²) in [5.74, 6) is -0.384. The van der Waals surface area contributed by atoms with E-state index < -0.39 is 6.04 Å². The van der Waals surface area contributed by atoms with E-state index in [2.05, 4.69) is 6.92 Å². The minimum absolute atomic E-state index is 0.177. The first-order chi connectivity index (χ1) is 11.5. The Bertz CT molecular complexity index is 520. The van der Waals surface area contributed by atoms with Gasteiger partial charge in [0.1, 0.15) is 18.0 Å². The molecule has 4 atom stereocenters. The van der Waals surface area contributed by atoms with Gasteiger partial charge >= 0.3 is 5.97 Å². The summed E-state index contributed by atoms with van der Waals surface area (Å²) in [5, 5.41) is 0. The van der Waals surface area contributed by atoms with E-state index in [1.807, 2.05) is 6.92 Å². The van der Waals surface area contributed by atoms with Crippen LogP contribution in [0.1, 0.15) is 45.1 Å². The summed E-state index contributed by atoms with van der Waals surface area (Å²) in [6.07, 6.45) is 3.52. The molecule has 1 heterocycles. The highest BCUT2D eigenvalue weighted by molar-refractivity contribution is 5.75. The average Bonchev–Trinajstić information content (AvgIpc) is 2.60. The fourth-order valence-electron chi connectivity index (χ4n) is 3.27. The summed E-state index contributed by atoms with van der Waals surface area (Å²) in [4.78, 5) is 12.0. The molecule has 0 bridgehead atoms. The fraction of sp³-hybridized carbons (Fsp3) is 0.632. The van der Waals surface area contributed by atoms with Crippen LogP contribution < -0.4 is 5.73 Å². The smallest absolute Gasteiger partial charge is 0.323 e. The van der Waals surface area contributed by atoms with Gasteiger partial charge in [0.05, 0.1) is 6.10 Å². The minimum atomic E-state index is -0.566. The van der Waals surface area contributed by atoms with E-state index in [9.17, 15) is 9.18 Å². The third-order valence-corrected chi connectivity index (χ3v) is 4.55. The Morgan fingerprint density at radius 2 is 2.00 bits per heavy atom. The molecule has 1 aromatic carbocycles. The first-order valence-corrected chi connectivity index (χ1v) is 8.83. The normalized spacial score (nSPS) is 28.6. The van der Waals surface area contributed by atoms with Crippen molar-refractivity contribution in [1.82, 2.24) is 0 Å². The number of cyclic esters (lactones) is 1. The van der Waals surface area contributed by atoms with Crippen LogP contribution in [-0.2, 0) is 20.7 Å². The fourth-order valence-corrected chi connectivity index (χ4v) is 3.27. The van der Waals surface area contributed by atoms with Crippen LogP contribution in [0.5, 0.6) is 0 Å². The Morgan fingerprint density at radius 1 is 1.29 bits per heavy atom. The number of ether oxygens (including phenoxy) is 2. The van der Waals surface area contributed by atoms with Gasteiger partial charge in [-0.25, -0.2) is 4.39 Å². The van der Waals surface area contributed by atoms with Crippen molar-refractivity contribution in [1.29, 1.82) is 0 Å². The summed E-state index contributed by atoms with van der Waals surface area (Å²) in [6, 6.07) is 6.00. The number of hydrogen-bond acceptors (Lipinski definition) is 4. The van der Waals surface area contributed by atoms with Crippen LogP contribution in [0.4, 0.5) is 4.39 Å². The molecule has 1 aliphatic rings. The van der Waals surface area contributed by atoms with Crippen LogP contribution >= 0.6 is 0 Å². The molecule has 2 rings (SSSR count). The van der Waals surface area contributed by atoms with E-state index in [0.717, 1.165) is 31.2 Å². The van der Waals surface area contributed by atoms with Crippen LogP contribution in [0.3, 0.4) is 0 Å². The number of hydrogen-bond donors (Lipinski definition) is 1. The summed E-state index contributed by atoms with van der Waals surface area (Å²) < 4.78 is 24.7. The van der Waals surface area contributed by atoms with Crippen molar-refractivity contribution in [3.05, 3.63) is 35.6 Å². The number of benzene rings is 1. The molecule has 0 amide bonds. The van der Waals surface area contributed by atoms with E-state index in [1.54, 1.807) is 12.1 Å². The molecular weight excluding hydrogens is 309 g/mol. The van der Waals surface area contributed by atoms with Crippen molar-refractivity contribution in [2.24, 2.45) is 11.7 Å². The van der Waals surface area contributed by atoms with Gasteiger partial charge in [-0.15, -0.1) is 0 Å². The number of esters is 1. The van der Waals surface area contributed by atoms with Gasteiger partial charge in [-0.1, -0.05) is 25.5 Å². The molecule has 0 saturated carbocycles. The van der Waals surface area contributed by atoms with Crippen molar-refractivity contribution < 1.29 is 18.7 Å². The van der Waals surface area contributed by atoms with Crippen LogP contribution in [0.2, 0.25) is 0 Å². The second-order valence-electron chi connectivity index (χ2n) is 6.61. The Morgan fingerprint density at radius 3 is 2.67 bits per heavy atom. The van der Waals surface area contributed by atoms with Crippen molar-refractivity contribution in [3.63, 3.8) is 0 Å². The van der Waals surface area contributed by atoms with Crippen molar-refractivity contribution in [2.45, 2.75) is 64.2 Å². The molecule has 2 N–H and O–H groups in total. The molecule has 1 saturated heterocycles. The molecule has 5 heteroatoms. The van der Waals surface area contributed by atoms with E-state index in [0.29, 0.717) is 13.0 Å². The Labute approximate surface area is 143 Å². The first-order valence-electron chi connectivity index (χ1n) is 8.83. The molecular formula is C19H28FNO3. The topological polar surface area (TPSA) is 61.5 Å². The predicted molar refractivity (Wildman–Crippen MR) is 91.0 cm³/mol. The molecule has 0 aromatic heterocycles. The Hall–Kier alpha value is -1.46. The maximum absolute atomic E-state index is 13.1. The molecule has 0 radical (unpaired) electrons. The van der Waals surface area contributed by atoms with Crippen molar-refractivity contribution in [3.8, 4) is 0 Å². The number of carbonyl (C=O) groups is 1. The second kappa shape index (κ2) is 9.14. The Balaban J connectivity index is 2.17. The summed E-state index contributed by atoms with van der Waals surface area (Å²) >= 11 is 0. The van der Waals surface area contributed by atoms with Gasteiger partial charge in [-0.2, -0.15) is 0 Å². The quantitative estimate of drug-likeness (QED) is 0.838. The highest BCUT2D eigenvalue weighted by atomic mass is 19.1. The monoisotopic (exact) mass is 337 g/mol. The van der Waals surface area contributed by atoms with E-state index in [1.165, 1.54) is 12.1 Å². The van der Waals surface area contributed by atoms with Crippen LogP contribution in [0.25, 0.3) is 0 Å². The lowest BCUT2D eigenvalue weighted by atomic mass is 9.87. The minimum Gasteiger partial charge on any atom is -0.459 e. The predicted octanol–water partition coefficient (Wildman–Crippen LogP) is 3.22. The second-order valence-corrected chi connectivity index (χ2v) is 6.61. The molecule has 4 unspecified atom stereocenters. The molecule has 0 spiro atoms. The van der Waals surface area contributed by atoms with Crippen molar-refractivity contribution in [2.75, 3.05) is 6.61 Å². The number of rotatable bonds is 5. The number of carbonyl (C=O) groups excluding carboxylic acids is 1. The van der Waals surface area contributed by atoms with Crippen LogP contribution in [-0.4, -0.2) is 30.8 Å². The zero-order valence-corrected chi connectivity index (χ0v) is 14.5. The molecule has 24 heavy (non-hydrogen) atoms. The van der Waals surface area contributed by atoms with Gasteiger partial charge in [0.2, 0.25) is 0 Å². The Kier molecular flexibility index (Phi) is 7.18. The summed E-state index contributed by atoms with van der Waals surface area (Å²) in [6.45, 7) is 4.54. The highest BCUT2D eigenvalue weighted by Crippen LogP contribution is 2.27. The van der Waals surface area contributed by atoms with Crippen LogP contribution in [0, 0.1) is 11.7 Å². The molecule has 1 fully saturated rings. The maximum Gasteiger partial charge on any atom is 0.323 e. The van der Waals surface area contributed by atoms with Gasteiger partial charge in [0.15, 0.2) is 0 Å². The molecule has 1 aromatic rings. The van der Waals surface area contributed by atoms with Crippen LogP contribution in [0.15, 0.2) is 24.3 Å². The van der Waals surface area contributed by atoms with Gasteiger partial charge in [-0.3, -0.25) is 4.79 Å². The third kappa shape index (κ3) is 5.28. The summed E-state index contributed by atoms with van der Waals surface area (Å²) in [7, 11) is 0. The van der Waals surface area contributed by atoms with Crippen molar-refractivity contribution >= 4 is 5.97 Å². The first kappa shape index (κ1) is 18.9. The van der Waals surface area contributed by atoms with Gasteiger partial charge in [0.25, 0.3) is 0 Å². The zero-order valence-electron chi connectivity index (χ0n) is 14.5. The number of nitrogens with two attached hydrogens (primary N) is 1. The lowest BCUT2D eigenvalue weighted by Gasteiger charge is -2.31. The third-order valence-electron chi connectivity index (χ3n) is 4.55. The standard InChI is InChI=1S/C19H28FNO3/c1-3-11-23-18-13(2)24-19(22)17(21)6-4-5-15(18)12-14-7-9-16(20)10-8-14/h7-10,13,15,17-18H,3-6,11-12,21H2,1-2H3. The molecule has 1 aliphatic heterocycles. The number of halogens is 1. The van der Waals surface area contributed by atoms with Gasteiger partial charge in [-0.05, 0) is 56.2 Å². The van der Waals surface area contributed by atoms with E-state index >= 15 is 0 Å². The van der Waals surface area contributed by atoms with Gasteiger partial charge in [0, 0.05) is 6.61 Å². The average molecular weight is 337 g/mol. The largest absolute Gasteiger partial charge is 0.459 e. The lowest BCUT2D eigenvalue weighted by molar-refractivity contribution is -0.160. The lowest BCUT2D eigenvalue weighted by Crippen LogP contribution is -2.40.